The molecular weight excluding hydrogens is 324 g/mol. The number of amides is 1. The summed E-state index contributed by atoms with van der Waals surface area (Å²) in [5, 5.41) is 17.3. The topological polar surface area (TPSA) is 78.4 Å². The van der Waals surface area contributed by atoms with Gasteiger partial charge in [0, 0.05) is 17.4 Å². The second kappa shape index (κ2) is 7.49. The first-order valence-electron chi connectivity index (χ1n) is 8.06. The minimum Gasteiger partial charge on any atom is -0.481 e. The van der Waals surface area contributed by atoms with Crippen LogP contribution >= 0.6 is 11.3 Å². The van der Waals surface area contributed by atoms with E-state index < -0.39 is 5.97 Å². The van der Waals surface area contributed by atoms with Gasteiger partial charge in [-0.25, -0.2) is 0 Å². The van der Waals surface area contributed by atoms with Crippen LogP contribution in [0.1, 0.15) is 35.4 Å². The van der Waals surface area contributed by atoms with Crippen molar-refractivity contribution in [2.75, 3.05) is 10.6 Å². The summed E-state index contributed by atoms with van der Waals surface area (Å²) in [4.78, 5) is 23.8. The maximum absolute atomic E-state index is 12.1. The van der Waals surface area contributed by atoms with Crippen LogP contribution in [0.4, 0.5) is 11.4 Å². The third-order valence-corrected chi connectivity index (χ3v) is 5.18. The number of aliphatic carboxylic acids is 1. The molecule has 24 heavy (non-hydrogen) atoms. The van der Waals surface area contributed by atoms with Gasteiger partial charge in [0.2, 0.25) is 0 Å². The SMILES string of the molecule is O=C(Nc1cccc(NC2CCC(C(=O)O)CC2)c1)c1cccs1. The van der Waals surface area contributed by atoms with Crippen LogP contribution < -0.4 is 10.6 Å². The van der Waals surface area contributed by atoms with Crippen molar-refractivity contribution in [2.45, 2.75) is 31.7 Å². The fraction of sp³-hybridized carbons (Fsp3) is 0.333. The molecule has 0 saturated heterocycles. The van der Waals surface area contributed by atoms with Crippen molar-refractivity contribution in [3.63, 3.8) is 0 Å². The molecule has 5 nitrogen and oxygen atoms in total. The normalized spacial score (nSPS) is 20.3. The van der Waals surface area contributed by atoms with Gasteiger partial charge in [-0.15, -0.1) is 11.3 Å². The fourth-order valence-corrected chi connectivity index (χ4v) is 3.63. The van der Waals surface area contributed by atoms with Crippen LogP contribution in [0.3, 0.4) is 0 Å². The van der Waals surface area contributed by atoms with Gasteiger partial charge in [-0.05, 0) is 55.3 Å². The number of hydrogen-bond acceptors (Lipinski definition) is 4. The second-order valence-corrected chi connectivity index (χ2v) is 6.99. The lowest BCUT2D eigenvalue weighted by Gasteiger charge is -2.27. The summed E-state index contributed by atoms with van der Waals surface area (Å²) in [5.74, 6) is -1.00. The minimum atomic E-state index is -0.688. The molecule has 6 heteroatoms. The Morgan fingerprint density at radius 1 is 1.04 bits per heavy atom. The van der Waals surface area contributed by atoms with E-state index in [-0.39, 0.29) is 17.9 Å². The maximum atomic E-state index is 12.1. The van der Waals surface area contributed by atoms with Gasteiger partial charge < -0.3 is 15.7 Å². The van der Waals surface area contributed by atoms with Crippen LogP contribution in [-0.2, 0) is 4.79 Å². The van der Waals surface area contributed by atoms with Crippen LogP contribution in [0.2, 0.25) is 0 Å². The molecule has 2 aromatic rings. The average Bonchev–Trinajstić information content (AvgIpc) is 3.10. The van der Waals surface area contributed by atoms with Gasteiger partial charge in [0.1, 0.15) is 0 Å². The highest BCUT2D eigenvalue weighted by Crippen LogP contribution is 2.27. The minimum absolute atomic E-state index is 0.107. The molecule has 1 heterocycles. The first kappa shape index (κ1) is 16.5. The second-order valence-electron chi connectivity index (χ2n) is 6.04. The molecule has 3 N–H and O–H groups in total. The highest BCUT2D eigenvalue weighted by Gasteiger charge is 2.25. The summed E-state index contributed by atoms with van der Waals surface area (Å²) in [6, 6.07) is 11.6. The molecule has 0 unspecified atom stereocenters. The Balaban J connectivity index is 1.58. The molecule has 1 aliphatic carbocycles. The van der Waals surface area contributed by atoms with Crippen LogP contribution in [-0.4, -0.2) is 23.0 Å². The predicted octanol–water partition coefficient (Wildman–Crippen LogP) is 4.06. The smallest absolute Gasteiger partial charge is 0.306 e. The molecule has 0 atom stereocenters. The molecule has 0 spiro atoms. The van der Waals surface area contributed by atoms with E-state index >= 15 is 0 Å². The Bertz CT molecular complexity index is 707. The van der Waals surface area contributed by atoms with E-state index in [9.17, 15) is 9.59 Å². The lowest BCUT2D eigenvalue weighted by molar-refractivity contribution is -0.142. The van der Waals surface area contributed by atoms with Crippen molar-refractivity contribution in [1.82, 2.24) is 0 Å². The van der Waals surface area contributed by atoms with Gasteiger partial charge in [0.25, 0.3) is 5.91 Å². The zero-order valence-electron chi connectivity index (χ0n) is 13.2. The van der Waals surface area contributed by atoms with E-state index in [0.717, 1.165) is 24.2 Å². The van der Waals surface area contributed by atoms with Gasteiger partial charge in [-0.1, -0.05) is 12.1 Å². The first-order valence-corrected chi connectivity index (χ1v) is 8.94. The number of hydrogen-bond donors (Lipinski definition) is 3. The number of benzene rings is 1. The molecule has 1 fully saturated rings. The third kappa shape index (κ3) is 4.14. The summed E-state index contributed by atoms with van der Waals surface area (Å²) in [6.45, 7) is 0. The number of carboxylic acid groups (broad SMARTS) is 1. The van der Waals surface area contributed by atoms with Gasteiger partial charge in [0.15, 0.2) is 0 Å². The standard InChI is InChI=1S/C18H20N2O3S/c21-17(16-5-2-10-24-16)20-15-4-1-3-14(11-15)19-13-8-6-12(7-9-13)18(22)23/h1-5,10-13,19H,6-9H2,(H,20,21)(H,22,23). The zero-order valence-corrected chi connectivity index (χ0v) is 14.0. The predicted molar refractivity (Wildman–Crippen MR) is 95.7 cm³/mol. The van der Waals surface area contributed by atoms with E-state index in [4.69, 9.17) is 5.11 Å². The molecule has 0 bridgehead atoms. The Labute approximate surface area is 144 Å². The zero-order chi connectivity index (χ0) is 16.9. The van der Waals surface area contributed by atoms with Gasteiger partial charge in [-0.3, -0.25) is 9.59 Å². The molecule has 1 aromatic heterocycles. The number of rotatable bonds is 5. The van der Waals surface area contributed by atoms with Crippen molar-refractivity contribution < 1.29 is 14.7 Å². The monoisotopic (exact) mass is 344 g/mol. The summed E-state index contributed by atoms with van der Waals surface area (Å²) in [5.41, 5.74) is 1.69. The summed E-state index contributed by atoms with van der Waals surface area (Å²) < 4.78 is 0. The van der Waals surface area contributed by atoms with Crippen LogP contribution in [0.25, 0.3) is 0 Å². The first-order chi connectivity index (χ1) is 11.6. The molecule has 1 aliphatic rings. The number of carbonyl (C=O) groups excluding carboxylic acids is 1. The fourth-order valence-electron chi connectivity index (χ4n) is 3.01. The molecule has 126 valence electrons. The number of carboxylic acids is 1. The number of anilines is 2. The lowest BCUT2D eigenvalue weighted by Crippen LogP contribution is -2.29. The van der Waals surface area contributed by atoms with E-state index in [1.54, 1.807) is 6.07 Å². The van der Waals surface area contributed by atoms with Crippen molar-refractivity contribution >= 4 is 34.6 Å². The Morgan fingerprint density at radius 3 is 2.46 bits per heavy atom. The van der Waals surface area contributed by atoms with Crippen molar-refractivity contribution in [1.29, 1.82) is 0 Å². The molecule has 1 amide bonds. The highest BCUT2D eigenvalue weighted by molar-refractivity contribution is 7.12. The van der Waals surface area contributed by atoms with Gasteiger partial charge in [-0.2, -0.15) is 0 Å². The number of nitrogens with one attached hydrogen (secondary N) is 2. The summed E-state index contributed by atoms with van der Waals surface area (Å²) in [7, 11) is 0. The molecule has 1 saturated carbocycles. The third-order valence-electron chi connectivity index (χ3n) is 4.31. The number of carbonyl (C=O) groups is 2. The van der Waals surface area contributed by atoms with Crippen molar-refractivity contribution in [3.8, 4) is 0 Å². The number of thiophene rings is 1. The van der Waals surface area contributed by atoms with Gasteiger partial charge in [0.05, 0.1) is 10.8 Å². The van der Waals surface area contributed by atoms with Gasteiger partial charge >= 0.3 is 5.97 Å². The van der Waals surface area contributed by atoms with E-state index in [2.05, 4.69) is 10.6 Å². The lowest BCUT2D eigenvalue weighted by atomic mass is 9.86. The highest BCUT2D eigenvalue weighted by atomic mass is 32.1. The molecule has 0 radical (unpaired) electrons. The van der Waals surface area contributed by atoms with Crippen LogP contribution in [0, 0.1) is 5.92 Å². The molecule has 3 rings (SSSR count). The Hall–Kier alpha value is -2.34. The largest absolute Gasteiger partial charge is 0.481 e. The quantitative estimate of drug-likeness (QED) is 0.764. The Kier molecular flexibility index (Phi) is 5.15. The summed E-state index contributed by atoms with van der Waals surface area (Å²) >= 11 is 1.41. The molecular formula is C18H20N2O3S. The van der Waals surface area contributed by atoms with E-state index in [1.807, 2.05) is 35.7 Å². The molecule has 0 aliphatic heterocycles. The van der Waals surface area contributed by atoms with Crippen LogP contribution in [0.5, 0.6) is 0 Å². The molecule has 1 aromatic carbocycles. The van der Waals surface area contributed by atoms with Crippen LogP contribution in [0.15, 0.2) is 41.8 Å². The van der Waals surface area contributed by atoms with E-state index in [0.29, 0.717) is 17.7 Å². The van der Waals surface area contributed by atoms with Crippen molar-refractivity contribution in [2.24, 2.45) is 5.92 Å². The Morgan fingerprint density at radius 2 is 1.79 bits per heavy atom. The van der Waals surface area contributed by atoms with E-state index in [1.165, 1.54) is 11.3 Å². The maximum Gasteiger partial charge on any atom is 0.306 e. The average molecular weight is 344 g/mol. The van der Waals surface area contributed by atoms with Crippen molar-refractivity contribution in [3.05, 3.63) is 46.7 Å². The summed E-state index contributed by atoms with van der Waals surface area (Å²) in [6.07, 6.45) is 3.12.